The standard InChI is InChI=1S/C18H12N2O5/c21-17(22)13-7-3-4-8-15(13)20(19-25)16-12-6-2-1-5-11(12)9-10-14(16)18(23)24/h1-10H,(H,21,22)(H,23,24). The fourth-order valence-corrected chi connectivity index (χ4v) is 2.70. The van der Waals surface area contributed by atoms with Crippen LogP contribution in [0.3, 0.4) is 0 Å². The van der Waals surface area contributed by atoms with Gasteiger partial charge in [0.2, 0.25) is 0 Å². The van der Waals surface area contributed by atoms with Gasteiger partial charge in [0, 0.05) is 5.39 Å². The van der Waals surface area contributed by atoms with Gasteiger partial charge in [-0.15, -0.1) is 4.91 Å². The molecule has 0 atom stereocenters. The van der Waals surface area contributed by atoms with Crippen molar-refractivity contribution in [1.29, 1.82) is 0 Å². The highest BCUT2D eigenvalue weighted by Gasteiger charge is 2.24. The molecule has 0 unspecified atom stereocenters. The third kappa shape index (κ3) is 2.78. The molecule has 2 N–H and O–H groups in total. The molecule has 3 aromatic carbocycles. The first kappa shape index (κ1) is 16.1. The van der Waals surface area contributed by atoms with E-state index in [1.807, 2.05) is 0 Å². The molecule has 0 bridgehead atoms. The molecule has 25 heavy (non-hydrogen) atoms. The Morgan fingerprint density at radius 2 is 1.44 bits per heavy atom. The van der Waals surface area contributed by atoms with E-state index in [4.69, 9.17) is 0 Å². The fraction of sp³-hybridized carbons (Fsp3) is 0. The zero-order chi connectivity index (χ0) is 18.0. The van der Waals surface area contributed by atoms with Crippen molar-refractivity contribution in [2.45, 2.75) is 0 Å². The van der Waals surface area contributed by atoms with E-state index in [1.54, 1.807) is 36.4 Å². The minimum atomic E-state index is -1.25. The fourth-order valence-electron chi connectivity index (χ4n) is 2.70. The van der Waals surface area contributed by atoms with Gasteiger partial charge in [-0.05, 0) is 23.6 Å². The van der Waals surface area contributed by atoms with Gasteiger partial charge in [-0.3, -0.25) is 0 Å². The largest absolute Gasteiger partial charge is 0.478 e. The number of hydrogen-bond donors (Lipinski definition) is 2. The molecule has 0 aliphatic rings. The number of nitrogens with zero attached hydrogens (tertiary/aromatic N) is 2. The van der Waals surface area contributed by atoms with Crippen molar-refractivity contribution in [3.05, 3.63) is 76.7 Å². The van der Waals surface area contributed by atoms with E-state index in [0.29, 0.717) is 10.8 Å². The van der Waals surface area contributed by atoms with Crippen molar-refractivity contribution in [3.63, 3.8) is 0 Å². The summed E-state index contributed by atoms with van der Waals surface area (Å²) in [5, 5.41) is 23.8. The van der Waals surface area contributed by atoms with Crippen molar-refractivity contribution < 1.29 is 19.8 Å². The number of rotatable bonds is 5. The predicted molar refractivity (Wildman–Crippen MR) is 92.2 cm³/mol. The Bertz CT molecular complexity index is 1000. The van der Waals surface area contributed by atoms with Crippen molar-refractivity contribution >= 4 is 34.1 Å². The highest BCUT2D eigenvalue weighted by atomic mass is 16.4. The minimum Gasteiger partial charge on any atom is -0.478 e. The Hall–Kier alpha value is -3.74. The molecule has 0 radical (unpaired) electrons. The number of aromatic carboxylic acids is 2. The first-order valence-electron chi connectivity index (χ1n) is 7.25. The molecular formula is C18H12N2O5. The van der Waals surface area contributed by atoms with Gasteiger partial charge in [-0.2, -0.15) is 5.01 Å². The number of para-hydroxylation sites is 1. The molecule has 0 aromatic heterocycles. The zero-order valence-electron chi connectivity index (χ0n) is 12.8. The number of carbonyl (C=O) groups is 2. The summed E-state index contributed by atoms with van der Waals surface area (Å²) in [5.41, 5.74) is -0.303. The molecule has 124 valence electrons. The van der Waals surface area contributed by atoms with E-state index in [9.17, 15) is 24.7 Å². The van der Waals surface area contributed by atoms with Gasteiger partial charge in [0.05, 0.1) is 27.8 Å². The van der Waals surface area contributed by atoms with Crippen LogP contribution >= 0.6 is 0 Å². The van der Waals surface area contributed by atoms with Crippen molar-refractivity contribution in [1.82, 2.24) is 0 Å². The second kappa shape index (κ2) is 6.40. The summed E-state index contributed by atoms with van der Waals surface area (Å²) in [5.74, 6) is -2.50. The van der Waals surface area contributed by atoms with Crippen molar-refractivity contribution in [2.75, 3.05) is 5.01 Å². The van der Waals surface area contributed by atoms with Crippen molar-refractivity contribution in [3.8, 4) is 0 Å². The van der Waals surface area contributed by atoms with E-state index in [-0.39, 0.29) is 22.5 Å². The maximum atomic E-state index is 11.6. The molecule has 7 nitrogen and oxygen atoms in total. The SMILES string of the molecule is O=NN(c1ccccc1C(=O)O)c1c(C(=O)O)ccc2ccccc12. The van der Waals surface area contributed by atoms with E-state index >= 15 is 0 Å². The quantitative estimate of drug-likeness (QED) is 0.537. The van der Waals surface area contributed by atoms with E-state index in [0.717, 1.165) is 5.01 Å². The number of carboxylic acid groups (broad SMARTS) is 2. The Kier molecular flexibility index (Phi) is 4.13. The van der Waals surface area contributed by atoms with E-state index in [1.165, 1.54) is 24.3 Å². The Morgan fingerprint density at radius 1 is 0.800 bits per heavy atom. The average molecular weight is 336 g/mol. The summed E-state index contributed by atoms with van der Waals surface area (Å²) >= 11 is 0. The lowest BCUT2D eigenvalue weighted by Crippen LogP contribution is -2.16. The van der Waals surface area contributed by atoms with Gasteiger partial charge in [-0.1, -0.05) is 42.5 Å². The second-order valence-corrected chi connectivity index (χ2v) is 5.20. The molecule has 7 heteroatoms. The smallest absolute Gasteiger partial charge is 0.337 e. The molecule has 0 fully saturated rings. The van der Waals surface area contributed by atoms with Gasteiger partial charge < -0.3 is 10.2 Å². The van der Waals surface area contributed by atoms with E-state index in [2.05, 4.69) is 5.29 Å². The predicted octanol–water partition coefficient (Wildman–Crippen LogP) is 4.06. The number of hydrogen-bond acceptors (Lipinski definition) is 4. The second-order valence-electron chi connectivity index (χ2n) is 5.20. The molecular weight excluding hydrogens is 324 g/mol. The van der Waals surface area contributed by atoms with Crippen LogP contribution in [0.1, 0.15) is 20.7 Å². The monoisotopic (exact) mass is 336 g/mol. The lowest BCUT2D eigenvalue weighted by Gasteiger charge is -2.21. The van der Waals surface area contributed by atoms with Crippen LogP contribution in [0.5, 0.6) is 0 Å². The molecule has 3 aromatic rings. The third-order valence-electron chi connectivity index (χ3n) is 3.79. The minimum absolute atomic E-state index is 0.0103. The summed E-state index contributed by atoms with van der Waals surface area (Å²) in [7, 11) is 0. The lowest BCUT2D eigenvalue weighted by molar-refractivity contribution is 0.0688. The summed E-state index contributed by atoms with van der Waals surface area (Å²) in [6.07, 6.45) is 0. The molecule has 0 heterocycles. The Morgan fingerprint density at radius 3 is 2.12 bits per heavy atom. The highest BCUT2D eigenvalue weighted by molar-refractivity contribution is 6.08. The molecule has 0 spiro atoms. The first-order valence-corrected chi connectivity index (χ1v) is 7.25. The topological polar surface area (TPSA) is 107 Å². The number of anilines is 2. The summed E-state index contributed by atoms with van der Waals surface area (Å²) < 4.78 is 0. The van der Waals surface area contributed by atoms with Crippen LogP contribution < -0.4 is 5.01 Å². The van der Waals surface area contributed by atoms with Crippen molar-refractivity contribution in [2.24, 2.45) is 5.29 Å². The van der Waals surface area contributed by atoms with Crippen LogP contribution in [0.15, 0.2) is 65.9 Å². The third-order valence-corrected chi connectivity index (χ3v) is 3.79. The Balaban J connectivity index is 2.37. The van der Waals surface area contributed by atoms with Gasteiger partial charge in [0.15, 0.2) is 0 Å². The van der Waals surface area contributed by atoms with Crippen LogP contribution in [-0.4, -0.2) is 22.2 Å². The molecule has 0 saturated carbocycles. The molecule has 0 amide bonds. The van der Waals surface area contributed by atoms with Crippen LogP contribution in [0, 0.1) is 4.91 Å². The van der Waals surface area contributed by atoms with Gasteiger partial charge in [-0.25, -0.2) is 9.59 Å². The normalized spacial score (nSPS) is 10.4. The Labute approximate surface area is 141 Å². The van der Waals surface area contributed by atoms with Crippen LogP contribution in [0.4, 0.5) is 11.4 Å². The van der Waals surface area contributed by atoms with Gasteiger partial charge >= 0.3 is 11.9 Å². The maximum absolute atomic E-state index is 11.6. The molecule has 0 aliphatic heterocycles. The average Bonchev–Trinajstić information content (AvgIpc) is 2.62. The number of carboxylic acids is 2. The van der Waals surface area contributed by atoms with Gasteiger partial charge in [0.1, 0.15) is 0 Å². The molecule has 0 saturated heterocycles. The maximum Gasteiger partial charge on any atom is 0.337 e. The number of nitroso groups, excluding NO2 is 1. The van der Waals surface area contributed by atoms with Crippen LogP contribution in [0.25, 0.3) is 10.8 Å². The van der Waals surface area contributed by atoms with Gasteiger partial charge in [0.25, 0.3) is 0 Å². The number of benzene rings is 3. The highest BCUT2D eigenvalue weighted by Crippen LogP contribution is 2.37. The lowest BCUT2D eigenvalue weighted by atomic mass is 10.0. The van der Waals surface area contributed by atoms with E-state index < -0.39 is 11.9 Å². The molecule has 3 rings (SSSR count). The zero-order valence-corrected chi connectivity index (χ0v) is 12.8. The number of fused-ring (bicyclic) bond motifs is 1. The first-order chi connectivity index (χ1) is 12.0. The summed E-state index contributed by atoms with van der Waals surface area (Å²) in [4.78, 5) is 34.7. The molecule has 0 aliphatic carbocycles. The summed E-state index contributed by atoms with van der Waals surface area (Å²) in [6, 6.07) is 15.6. The summed E-state index contributed by atoms with van der Waals surface area (Å²) in [6.45, 7) is 0. The van der Waals surface area contributed by atoms with Crippen LogP contribution in [0.2, 0.25) is 0 Å². The van der Waals surface area contributed by atoms with Crippen LogP contribution in [-0.2, 0) is 0 Å².